The van der Waals surface area contributed by atoms with E-state index in [1.807, 2.05) is 0 Å². The average Bonchev–Trinajstić information content (AvgIpc) is 3.33. The van der Waals surface area contributed by atoms with Gasteiger partial charge in [-0.15, -0.1) is 11.3 Å². The summed E-state index contributed by atoms with van der Waals surface area (Å²) in [5.41, 5.74) is 1.27. The van der Waals surface area contributed by atoms with Gasteiger partial charge in [0.15, 0.2) is 16.6 Å². The van der Waals surface area contributed by atoms with Crippen LogP contribution in [0.3, 0.4) is 0 Å². The second-order valence-electron chi connectivity index (χ2n) is 6.02. The Kier molecular flexibility index (Phi) is 5.32. The lowest BCUT2D eigenvalue weighted by atomic mass is 10.2. The molecular formula is C19H13ClFN3O4S. The molecule has 0 fully saturated rings. The zero-order valence-electron chi connectivity index (χ0n) is 14.7. The van der Waals surface area contributed by atoms with Crippen LogP contribution in [-0.4, -0.2) is 23.6 Å². The van der Waals surface area contributed by atoms with E-state index in [1.165, 1.54) is 29.5 Å². The molecule has 0 bridgehead atoms. The summed E-state index contributed by atoms with van der Waals surface area (Å²) in [7, 11) is 0. The summed E-state index contributed by atoms with van der Waals surface area (Å²) >= 11 is 6.90. The van der Waals surface area contributed by atoms with Crippen molar-refractivity contribution >= 4 is 45.6 Å². The van der Waals surface area contributed by atoms with Crippen molar-refractivity contribution in [1.82, 2.24) is 4.98 Å². The first kappa shape index (κ1) is 19.2. The molecule has 4 rings (SSSR count). The smallest absolute Gasteiger partial charge is 0.257 e. The van der Waals surface area contributed by atoms with Crippen molar-refractivity contribution in [3.8, 4) is 11.5 Å². The number of rotatable bonds is 5. The van der Waals surface area contributed by atoms with Crippen LogP contribution in [0.4, 0.5) is 15.2 Å². The molecule has 0 unspecified atom stereocenters. The third kappa shape index (κ3) is 4.47. The van der Waals surface area contributed by atoms with Gasteiger partial charge in [0.1, 0.15) is 5.82 Å². The van der Waals surface area contributed by atoms with Crippen LogP contribution in [0.5, 0.6) is 11.5 Å². The van der Waals surface area contributed by atoms with Crippen molar-refractivity contribution in [3.63, 3.8) is 0 Å². The number of halogens is 2. The molecular weight excluding hydrogens is 421 g/mol. The zero-order valence-corrected chi connectivity index (χ0v) is 16.3. The quantitative estimate of drug-likeness (QED) is 0.632. The number of ether oxygens (including phenoxy) is 2. The molecule has 2 heterocycles. The highest BCUT2D eigenvalue weighted by Gasteiger charge is 2.17. The zero-order chi connectivity index (χ0) is 20.4. The van der Waals surface area contributed by atoms with E-state index in [4.69, 9.17) is 21.1 Å². The summed E-state index contributed by atoms with van der Waals surface area (Å²) in [5, 5.41) is 7.26. The fourth-order valence-corrected chi connectivity index (χ4v) is 3.48. The maximum Gasteiger partial charge on any atom is 0.257 e. The molecule has 0 radical (unpaired) electrons. The molecule has 0 atom stereocenters. The second-order valence-corrected chi connectivity index (χ2v) is 7.29. The number of aromatic nitrogens is 1. The van der Waals surface area contributed by atoms with Crippen molar-refractivity contribution < 1.29 is 23.5 Å². The van der Waals surface area contributed by atoms with Gasteiger partial charge in [-0.3, -0.25) is 14.9 Å². The van der Waals surface area contributed by atoms with E-state index in [-0.39, 0.29) is 30.1 Å². The normalized spacial score (nSPS) is 11.9. The number of amides is 2. The number of hydrogen-bond donors (Lipinski definition) is 2. The summed E-state index contributed by atoms with van der Waals surface area (Å²) in [4.78, 5) is 28.8. The molecule has 0 spiro atoms. The van der Waals surface area contributed by atoms with Gasteiger partial charge in [-0.1, -0.05) is 11.6 Å². The first-order valence-corrected chi connectivity index (χ1v) is 9.64. The molecule has 0 aliphatic carbocycles. The molecule has 1 aliphatic rings. The standard InChI is InChI=1S/C19H13ClFN3O4S/c20-13-6-11(2-3-14(13)21)22-17(25)7-12-8-29-19(23-12)24-18(26)10-1-4-15-16(5-10)28-9-27-15/h1-6,8H,7,9H2,(H,22,25)(H,23,24,26). The Morgan fingerprint density at radius 3 is 2.79 bits per heavy atom. The van der Waals surface area contributed by atoms with Crippen LogP contribution >= 0.6 is 22.9 Å². The van der Waals surface area contributed by atoms with Crippen LogP contribution in [0.15, 0.2) is 41.8 Å². The molecule has 2 N–H and O–H groups in total. The number of fused-ring (bicyclic) bond motifs is 1. The minimum atomic E-state index is -0.563. The average molecular weight is 434 g/mol. The van der Waals surface area contributed by atoms with E-state index in [0.717, 1.165) is 0 Å². The van der Waals surface area contributed by atoms with Gasteiger partial charge in [0.05, 0.1) is 17.1 Å². The first-order valence-electron chi connectivity index (χ1n) is 8.38. The fraction of sp³-hybridized carbons (Fsp3) is 0.105. The van der Waals surface area contributed by atoms with E-state index >= 15 is 0 Å². The van der Waals surface area contributed by atoms with Gasteiger partial charge < -0.3 is 14.8 Å². The van der Waals surface area contributed by atoms with E-state index in [2.05, 4.69) is 15.6 Å². The fourth-order valence-electron chi connectivity index (χ4n) is 2.60. The number of hydrogen-bond acceptors (Lipinski definition) is 6. The lowest BCUT2D eigenvalue weighted by molar-refractivity contribution is -0.115. The molecule has 2 amide bonds. The molecule has 10 heteroatoms. The third-order valence-electron chi connectivity index (χ3n) is 3.95. The number of carbonyl (C=O) groups is 2. The molecule has 1 aliphatic heterocycles. The SMILES string of the molecule is O=C(Cc1csc(NC(=O)c2ccc3c(c2)OCO3)n1)Nc1ccc(F)c(Cl)c1. The predicted molar refractivity (Wildman–Crippen MR) is 106 cm³/mol. The number of carbonyl (C=O) groups excluding carboxylic acids is 2. The van der Waals surface area contributed by atoms with Crippen molar-refractivity contribution in [3.05, 3.63) is 63.9 Å². The van der Waals surface area contributed by atoms with Crippen LogP contribution in [0.2, 0.25) is 5.02 Å². The van der Waals surface area contributed by atoms with Gasteiger partial charge in [-0.05, 0) is 36.4 Å². The summed E-state index contributed by atoms with van der Waals surface area (Å²) in [6.07, 6.45) is -0.00854. The Labute approximate surface area is 173 Å². The van der Waals surface area contributed by atoms with E-state index in [0.29, 0.717) is 33.6 Å². The molecule has 148 valence electrons. The first-order chi connectivity index (χ1) is 14.0. The van der Waals surface area contributed by atoms with E-state index < -0.39 is 5.82 Å². The highest BCUT2D eigenvalue weighted by molar-refractivity contribution is 7.14. The van der Waals surface area contributed by atoms with Crippen LogP contribution in [0.1, 0.15) is 16.1 Å². The molecule has 0 saturated heterocycles. The Bertz CT molecular complexity index is 1100. The number of thiazole rings is 1. The van der Waals surface area contributed by atoms with Crippen molar-refractivity contribution in [2.45, 2.75) is 6.42 Å². The summed E-state index contributed by atoms with van der Waals surface area (Å²) in [6.45, 7) is 0.127. The van der Waals surface area contributed by atoms with E-state index in [1.54, 1.807) is 23.6 Å². The molecule has 2 aromatic carbocycles. The summed E-state index contributed by atoms with van der Waals surface area (Å²) in [6, 6.07) is 8.79. The van der Waals surface area contributed by atoms with Gasteiger partial charge in [-0.25, -0.2) is 9.37 Å². The highest BCUT2D eigenvalue weighted by atomic mass is 35.5. The van der Waals surface area contributed by atoms with Gasteiger partial charge >= 0.3 is 0 Å². The lowest BCUT2D eigenvalue weighted by Gasteiger charge is -2.05. The summed E-state index contributed by atoms with van der Waals surface area (Å²) in [5.74, 6) is -0.158. The largest absolute Gasteiger partial charge is 0.454 e. The van der Waals surface area contributed by atoms with Crippen LogP contribution in [-0.2, 0) is 11.2 Å². The Morgan fingerprint density at radius 1 is 1.14 bits per heavy atom. The van der Waals surface area contributed by atoms with Crippen LogP contribution in [0, 0.1) is 5.82 Å². The molecule has 3 aromatic rings. The number of nitrogens with one attached hydrogen (secondary N) is 2. The van der Waals surface area contributed by atoms with Gasteiger partial charge in [0.25, 0.3) is 5.91 Å². The summed E-state index contributed by atoms with van der Waals surface area (Å²) < 4.78 is 23.7. The maximum absolute atomic E-state index is 13.2. The predicted octanol–water partition coefficient (Wildman–Crippen LogP) is 4.10. The molecule has 29 heavy (non-hydrogen) atoms. The highest BCUT2D eigenvalue weighted by Crippen LogP contribution is 2.32. The molecule has 7 nitrogen and oxygen atoms in total. The maximum atomic E-state index is 13.2. The monoisotopic (exact) mass is 433 g/mol. The van der Waals surface area contributed by atoms with Crippen LogP contribution in [0.25, 0.3) is 0 Å². The minimum Gasteiger partial charge on any atom is -0.454 e. The van der Waals surface area contributed by atoms with Crippen LogP contribution < -0.4 is 20.1 Å². The Morgan fingerprint density at radius 2 is 1.97 bits per heavy atom. The third-order valence-corrected chi connectivity index (χ3v) is 5.05. The Balaban J connectivity index is 1.36. The van der Waals surface area contributed by atoms with Gasteiger partial charge in [0.2, 0.25) is 12.7 Å². The molecule has 0 saturated carbocycles. The second kappa shape index (κ2) is 8.06. The van der Waals surface area contributed by atoms with Crippen molar-refractivity contribution in [2.24, 2.45) is 0 Å². The molecule has 1 aromatic heterocycles. The number of anilines is 2. The van der Waals surface area contributed by atoms with Crippen molar-refractivity contribution in [2.75, 3.05) is 17.4 Å². The topological polar surface area (TPSA) is 89.6 Å². The van der Waals surface area contributed by atoms with Gasteiger partial charge in [-0.2, -0.15) is 0 Å². The number of nitrogens with zero attached hydrogens (tertiary/aromatic N) is 1. The number of benzene rings is 2. The van der Waals surface area contributed by atoms with Gasteiger partial charge in [0, 0.05) is 16.6 Å². The van der Waals surface area contributed by atoms with E-state index in [9.17, 15) is 14.0 Å². The lowest BCUT2D eigenvalue weighted by Crippen LogP contribution is -2.15. The Hall–Kier alpha value is -3.17. The minimum absolute atomic E-state index is 0.00854. The van der Waals surface area contributed by atoms with Crippen molar-refractivity contribution in [1.29, 1.82) is 0 Å².